The predicted molar refractivity (Wildman–Crippen MR) is 87.7 cm³/mol. The summed E-state index contributed by atoms with van der Waals surface area (Å²) in [7, 11) is 0. The standard InChI is InChI=1S/C18H28N2O/c1-14(2)20(13-15-9-5-6-10-16(15)19)17(21)18(3)11-7-4-8-12-18/h5-6,9-10,14H,4,7-8,11-13,19H2,1-3H3. The van der Waals surface area contributed by atoms with Gasteiger partial charge in [0.2, 0.25) is 5.91 Å². The number of rotatable bonds is 4. The first-order valence-electron chi connectivity index (χ1n) is 8.08. The van der Waals surface area contributed by atoms with Gasteiger partial charge in [0.05, 0.1) is 0 Å². The van der Waals surface area contributed by atoms with Crippen molar-refractivity contribution in [1.29, 1.82) is 0 Å². The number of para-hydroxylation sites is 1. The van der Waals surface area contributed by atoms with Gasteiger partial charge in [0.25, 0.3) is 0 Å². The van der Waals surface area contributed by atoms with Crippen molar-refractivity contribution in [3.8, 4) is 0 Å². The van der Waals surface area contributed by atoms with Crippen molar-refractivity contribution < 1.29 is 4.79 Å². The number of benzene rings is 1. The Bertz CT molecular complexity index is 490. The van der Waals surface area contributed by atoms with Gasteiger partial charge < -0.3 is 10.6 Å². The van der Waals surface area contributed by atoms with Gasteiger partial charge in [0.1, 0.15) is 0 Å². The molecule has 1 aromatic rings. The minimum atomic E-state index is -0.188. The van der Waals surface area contributed by atoms with Gasteiger partial charge in [-0.15, -0.1) is 0 Å². The van der Waals surface area contributed by atoms with E-state index in [2.05, 4.69) is 20.8 Å². The summed E-state index contributed by atoms with van der Waals surface area (Å²) in [5.74, 6) is 0.292. The van der Waals surface area contributed by atoms with Crippen LogP contribution in [0.5, 0.6) is 0 Å². The lowest BCUT2D eigenvalue weighted by Gasteiger charge is -2.39. The molecule has 0 heterocycles. The summed E-state index contributed by atoms with van der Waals surface area (Å²) < 4.78 is 0. The molecule has 2 N–H and O–H groups in total. The molecular formula is C18H28N2O. The zero-order valence-corrected chi connectivity index (χ0v) is 13.6. The molecule has 0 aromatic heterocycles. The molecular weight excluding hydrogens is 260 g/mol. The molecule has 1 fully saturated rings. The third-order valence-corrected chi connectivity index (χ3v) is 4.75. The monoisotopic (exact) mass is 288 g/mol. The lowest BCUT2D eigenvalue weighted by atomic mass is 9.74. The van der Waals surface area contributed by atoms with E-state index >= 15 is 0 Å². The Balaban J connectivity index is 2.19. The van der Waals surface area contributed by atoms with Crippen LogP contribution in [0, 0.1) is 5.41 Å². The first-order valence-corrected chi connectivity index (χ1v) is 8.08. The van der Waals surface area contributed by atoms with Gasteiger partial charge in [-0.2, -0.15) is 0 Å². The van der Waals surface area contributed by atoms with Crippen molar-refractivity contribution in [2.45, 2.75) is 65.5 Å². The maximum Gasteiger partial charge on any atom is 0.229 e. The number of nitrogen functional groups attached to an aromatic ring is 1. The summed E-state index contributed by atoms with van der Waals surface area (Å²) in [5.41, 5.74) is 7.66. The fraction of sp³-hybridized carbons (Fsp3) is 0.611. The van der Waals surface area contributed by atoms with E-state index in [0.29, 0.717) is 12.5 Å². The van der Waals surface area contributed by atoms with E-state index in [9.17, 15) is 4.79 Å². The minimum Gasteiger partial charge on any atom is -0.398 e. The van der Waals surface area contributed by atoms with Crippen molar-refractivity contribution in [2.24, 2.45) is 5.41 Å². The molecule has 1 aliphatic carbocycles. The highest BCUT2D eigenvalue weighted by molar-refractivity contribution is 5.82. The third-order valence-electron chi connectivity index (χ3n) is 4.75. The molecule has 21 heavy (non-hydrogen) atoms. The number of amides is 1. The number of carbonyl (C=O) groups is 1. The summed E-state index contributed by atoms with van der Waals surface area (Å²) >= 11 is 0. The number of anilines is 1. The SMILES string of the molecule is CC(C)N(Cc1ccccc1N)C(=O)C1(C)CCCCC1. The van der Waals surface area contributed by atoms with Crippen LogP contribution < -0.4 is 5.73 Å². The topological polar surface area (TPSA) is 46.3 Å². The van der Waals surface area contributed by atoms with Gasteiger partial charge in [-0.05, 0) is 38.3 Å². The molecule has 1 aliphatic rings. The highest BCUT2D eigenvalue weighted by Crippen LogP contribution is 2.38. The fourth-order valence-corrected chi connectivity index (χ4v) is 3.24. The van der Waals surface area contributed by atoms with Gasteiger partial charge in [0, 0.05) is 23.7 Å². The van der Waals surface area contributed by atoms with E-state index < -0.39 is 0 Å². The van der Waals surface area contributed by atoms with E-state index in [1.807, 2.05) is 29.2 Å². The largest absolute Gasteiger partial charge is 0.398 e. The molecule has 3 nitrogen and oxygen atoms in total. The summed E-state index contributed by atoms with van der Waals surface area (Å²) in [5, 5.41) is 0. The van der Waals surface area contributed by atoms with Gasteiger partial charge in [0.15, 0.2) is 0 Å². The third kappa shape index (κ3) is 3.58. The van der Waals surface area contributed by atoms with Crippen LogP contribution >= 0.6 is 0 Å². The highest BCUT2D eigenvalue weighted by Gasteiger charge is 2.38. The van der Waals surface area contributed by atoms with Crippen LogP contribution in [0.15, 0.2) is 24.3 Å². The van der Waals surface area contributed by atoms with E-state index in [1.165, 1.54) is 19.3 Å². The predicted octanol–water partition coefficient (Wildman–Crippen LogP) is 3.98. The molecule has 1 amide bonds. The Morgan fingerprint density at radius 2 is 1.86 bits per heavy atom. The van der Waals surface area contributed by atoms with Crippen molar-refractivity contribution in [2.75, 3.05) is 5.73 Å². The molecule has 0 saturated heterocycles. The van der Waals surface area contributed by atoms with E-state index in [1.54, 1.807) is 0 Å². The smallest absolute Gasteiger partial charge is 0.229 e. The van der Waals surface area contributed by atoms with Crippen LogP contribution in [0.4, 0.5) is 5.69 Å². The van der Waals surface area contributed by atoms with Gasteiger partial charge in [-0.1, -0.05) is 44.4 Å². The molecule has 3 heteroatoms. The van der Waals surface area contributed by atoms with E-state index in [0.717, 1.165) is 24.1 Å². The van der Waals surface area contributed by atoms with E-state index in [4.69, 9.17) is 5.73 Å². The number of nitrogens with two attached hydrogens (primary N) is 1. The summed E-state index contributed by atoms with van der Waals surface area (Å²) in [6.45, 7) is 6.92. The van der Waals surface area contributed by atoms with Crippen LogP contribution in [-0.2, 0) is 11.3 Å². The average Bonchev–Trinajstić information content (AvgIpc) is 2.46. The lowest BCUT2D eigenvalue weighted by Crippen LogP contribution is -2.46. The Hall–Kier alpha value is -1.51. The lowest BCUT2D eigenvalue weighted by molar-refractivity contribution is -0.145. The van der Waals surface area contributed by atoms with Crippen molar-refractivity contribution in [3.63, 3.8) is 0 Å². The Labute approximate surface area is 128 Å². The maximum atomic E-state index is 13.1. The number of carbonyl (C=O) groups excluding carboxylic acids is 1. The summed E-state index contributed by atoms with van der Waals surface area (Å²) in [6.07, 6.45) is 5.62. The molecule has 0 unspecified atom stereocenters. The first kappa shape index (κ1) is 15.9. The van der Waals surface area contributed by atoms with Crippen LogP contribution in [-0.4, -0.2) is 16.8 Å². The highest BCUT2D eigenvalue weighted by atomic mass is 16.2. The van der Waals surface area contributed by atoms with E-state index in [-0.39, 0.29) is 11.5 Å². The quantitative estimate of drug-likeness (QED) is 0.852. The zero-order chi connectivity index (χ0) is 15.5. The van der Waals surface area contributed by atoms with Crippen LogP contribution in [0.2, 0.25) is 0 Å². The normalized spacial score (nSPS) is 17.7. The second kappa shape index (κ2) is 6.50. The zero-order valence-electron chi connectivity index (χ0n) is 13.6. The number of hydrogen-bond donors (Lipinski definition) is 1. The van der Waals surface area contributed by atoms with Crippen molar-refractivity contribution in [1.82, 2.24) is 4.90 Å². The minimum absolute atomic E-state index is 0.188. The second-order valence-electron chi connectivity index (χ2n) is 6.85. The Kier molecular flexibility index (Phi) is 4.92. The molecule has 1 aromatic carbocycles. The fourth-order valence-electron chi connectivity index (χ4n) is 3.24. The average molecular weight is 288 g/mol. The second-order valence-corrected chi connectivity index (χ2v) is 6.85. The molecule has 1 saturated carbocycles. The number of nitrogens with zero attached hydrogens (tertiary/aromatic N) is 1. The molecule has 0 atom stereocenters. The van der Waals surface area contributed by atoms with Gasteiger partial charge in [-0.25, -0.2) is 0 Å². The summed E-state index contributed by atoms with van der Waals surface area (Å²) in [4.78, 5) is 15.1. The number of hydrogen-bond acceptors (Lipinski definition) is 2. The first-order chi connectivity index (χ1) is 9.94. The molecule has 116 valence electrons. The van der Waals surface area contributed by atoms with Crippen molar-refractivity contribution in [3.05, 3.63) is 29.8 Å². The van der Waals surface area contributed by atoms with Gasteiger partial charge in [-0.3, -0.25) is 4.79 Å². The Morgan fingerprint density at radius 3 is 2.43 bits per heavy atom. The van der Waals surface area contributed by atoms with Crippen molar-refractivity contribution >= 4 is 11.6 Å². The maximum absolute atomic E-state index is 13.1. The Morgan fingerprint density at radius 1 is 1.24 bits per heavy atom. The van der Waals surface area contributed by atoms with Gasteiger partial charge >= 0.3 is 0 Å². The summed E-state index contributed by atoms with van der Waals surface area (Å²) in [6, 6.07) is 8.03. The van der Waals surface area contributed by atoms with Crippen LogP contribution in [0.3, 0.4) is 0 Å². The van der Waals surface area contributed by atoms with Crippen LogP contribution in [0.1, 0.15) is 58.4 Å². The molecule has 0 radical (unpaired) electrons. The molecule has 0 aliphatic heterocycles. The molecule has 2 rings (SSSR count). The van der Waals surface area contributed by atoms with Crippen LogP contribution in [0.25, 0.3) is 0 Å². The molecule has 0 spiro atoms. The molecule has 0 bridgehead atoms.